The first-order valence-electron chi connectivity index (χ1n) is 5.95. The van der Waals surface area contributed by atoms with Crippen molar-refractivity contribution in [2.24, 2.45) is 0 Å². The SMILES string of the molecule is Nc1c(Cl)cc(NS(=O)(=O)c2cccc(C(F)(F)F)c2)cc1Cl. The number of hydrogen-bond donors (Lipinski definition) is 2. The van der Waals surface area contributed by atoms with Crippen LogP contribution >= 0.6 is 23.2 Å². The monoisotopic (exact) mass is 384 g/mol. The molecule has 3 N–H and O–H groups in total. The smallest absolute Gasteiger partial charge is 0.396 e. The van der Waals surface area contributed by atoms with E-state index < -0.39 is 26.7 Å². The maximum atomic E-state index is 12.7. The van der Waals surface area contributed by atoms with Gasteiger partial charge in [0.25, 0.3) is 10.0 Å². The van der Waals surface area contributed by atoms with E-state index in [9.17, 15) is 21.6 Å². The van der Waals surface area contributed by atoms with Crippen LogP contribution in [-0.4, -0.2) is 8.42 Å². The normalized spacial score (nSPS) is 12.2. The first-order chi connectivity index (χ1) is 10.5. The van der Waals surface area contributed by atoms with Gasteiger partial charge in [-0.2, -0.15) is 13.2 Å². The summed E-state index contributed by atoms with van der Waals surface area (Å²) in [6, 6.07) is 5.75. The summed E-state index contributed by atoms with van der Waals surface area (Å²) >= 11 is 11.6. The van der Waals surface area contributed by atoms with Gasteiger partial charge in [0.15, 0.2) is 0 Å². The zero-order valence-electron chi connectivity index (χ0n) is 11.2. The van der Waals surface area contributed by atoms with Crippen molar-refractivity contribution in [1.29, 1.82) is 0 Å². The van der Waals surface area contributed by atoms with Crippen LogP contribution in [-0.2, 0) is 16.2 Å². The number of halogens is 5. The van der Waals surface area contributed by atoms with Gasteiger partial charge in [0.1, 0.15) is 0 Å². The van der Waals surface area contributed by atoms with Gasteiger partial charge in [-0.3, -0.25) is 4.72 Å². The first kappa shape index (κ1) is 17.7. The average molecular weight is 385 g/mol. The second-order valence-electron chi connectivity index (χ2n) is 4.48. The molecule has 0 fully saturated rings. The van der Waals surface area contributed by atoms with Gasteiger partial charge in [-0.1, -0.05) is 29.3 Å². The van der Waals surface area contributed by atoms with Gasteiger partial charge < -0.3 is 5.73 Å². The molecular weight excluding hydrogens is 376 g/mol. The number of nitrogens with one attached hydrogen (secondary N) is 1. The van der Waals surface area contributed by atoms with Crippen LogP contribution < -0.4 is 10.5 Å². The van der Waals surface area contributed by atoms with Gasteiger partial charge in [-0.25, -0.2) is 8.42 Å². The van der Waals surface area contributed by atoms with Crippen molar-refractivity contribution in [1.82, 2.24) is 0 Å². The highest BCUT2D eigenvalue weighted by Crippen LogP contribution is 2.33. The topological polar surface area (TPSA) is 72.2 Å². The summed E-state index contributed by atoms with van der Waals surface area (Å²) < 4.78 is 64.5. The third kappa shape index (κ3) is 4.01. The summed E-state index contributed by atoms with van der Waals surface area (Å²) in [5.41, 5.74) is 4.50. The Morgan fingerprint density at radius 3 is 2.13 bits per heavy atom. The summed E-state index contributed by atoms with van der Waals surface area (Å²) in [4.78, 5) is -0.545. The zero-order chi connectivity index (χ0) is 17.4. The van der Waals surface area contributed by atoms with Gasteiger partial charge in [0.2, 0.25) is 0 Å². The van der Waals surface area contributed by atoms with Crippen molar-refractivity contribution in [3.63, 3.8) is 0 Å². The molecule has 0 aliphatic carbocycles. The molecule has 10 heteroatoms. The van der Waals surface area contributed by atoms with Crippen molar-refractivity contribution in [3.8, 4) is 0 Å². The molecule has 0 aromatic heterocycles. The molecule has 0 aliphatic rings. The van der Waals surface area contributed by atoms with Crippen LogP contribution in [0, 0.1) is 0 Å². The number of benzene rings is 2. The van der Waals surface area contributed by atoms with E-state index in [0.29, 0.717) is 6.07 Å². The van der Waals surface area contributed by atoms with Crippen LogP contribution in [0.4, 0.5) is 24.5 Å². The van der Waals surface area contributed by atoms with Crippen molar-refractivity contribution < 1.29 is 21.6 Å². The maximum absolute atomic E-state index is 12.7. The summed E-state index contributed by atoms with van der Waals surface area (Å²) in [5, 5.41) is 0.0264. The highest BCUT2D eigenvalue weighted by Gasteiger charge is 2.31. The van der Waals surface area contributed by atoms with Crippen molar-refractivity contribution in [3.05, 3.63) is 52.0 Å². The molecule has 0 saturated carbocycles. The molecule has 0 bridgehead atoms. The lowest BCUT2D eigenvalue weighted by Gasteiger charge is -2.12. The fraction of sp³-hybridized carbons (Fsp3) is 0.0769. The molecule has 4 nitrogen and oxygen atoms in total. The average Bonchev–Trinajstić information content (AvgIpc) is 2.43. The lowest BCUT2D eigenvalue weighted by Crippen LogP contribution is -2.14. The third-order valence-corrected chi connectivity index (χ3v) is 4.81. The van der Waals surface area contributed by atoms with Crippen LogP contribution in [0.5, 0.6) is 0 Å². The molecule has 0 spiro atoms. The van der Waals surface area contributed by atoms with Gasteiger partial charge in [0, 0.05) is 0 Å². The molecule has 2 aromatic carbocycles. The molecule has 0 atom stereocenters. The first-order valence-corrected chi connectivity index (χ1v) is 8.19. The van der Waals surface area contributed by atoms with Crippen molar-refractivity contribution >= 4 is 44.6 Å². The molecule has 0 unspecified atom stereocenters. The number of nitrogens with two attached hydrogens (primary N) is 1. The van der Waals surface area contributed by atoms with Crippen LogP contribution in [0.15, 0.2) is 41.3 Å². The Kier molecular flexibility index (Phi) is 4.70. The third-order valence-electron chi connectivity index (χ3n) is 2.80. The van der Waals surface area contributed by atoms with Crippen LogP contribution in [0.2, 0.25) is 10.0 Å². The molecule has 0 saturated heterocycles. The summed E-state index contributed by atoms with van der Waals surface area (Å²) in [6.07, 6.45) is -4.65. The number of hydrogen-bond acceptors (Lipinski definition) is 3. The Balaban J connectivity index is 2.40. The second-order valence-corrected chi connectivity index (χ2v) is 6.98. The Labute approximate surface area is 140 Å². The molecule has 124 valence electrons. The summed E-state index contributed by atoms with van der Waals surface area (Å²) in [5.74, 6) is 0. The Morgan fingerprint density at radius 2 is 1.61 bits per heavy atom. The fourth-order valence-electron chi connectivity index (χ4n) is 1.70. The summed E-state index contributed by atoms with van der Waals surface area (Å²) in [7, 11) is -4.25. The second kappa shape index (κ2) is 6.10. The van der Waals surface area contributed by atoms with Crippen molar-refractivity contribution in [2.45, 2.75) is 11.1 Å². The molecule has 0 aliphatic heterocycles. The zero-order valence-corrected chi connectivity index (χ0v) is 13.5. The number of alkyl halides is 3. The van der Waals surface area contributed by atoms with E-state index in [-0.39, 0.29) is 21.4 Å². The molecule has 2 rings (SSSR count). The minimum atomic E-state index is -4.65. The van der Waals surface area contributed by atoms with E-state index in [4.69, 9.17) is 28.9 Å². The molecule has 23 heavy (non-hydrogen) atoms. The van der Waals surface area contributed by atoms with Gasteiger partial charge in [-0.15, -0.1) is 0 Å². The highest BCUT2D eigenvalue weighted by molar-refractivity contribution is 7.92. The van der Waals surface area contributed by atoms with E-state index >= 15 is 0 Å². The number of nitrogen functional groups attached to an aromatic ring is 1. The van der Waals surface area contributed by atoms with Crippen molar-refractivity contribution in [2.75, 3.05) is 10.5 Å². The lowest BCUT2D eigenvalue weighted by atomic mass is 10.2. The van der Waals surface area contributed by atoms with E-state index in [1.165, 1.54) is 12.1 Å². The molecular formula is C13H9Cl2F3N2O2S. The van der Waals surface area contributed by atoms with Crippen LogP contribution in [0.1, 0.15) is 5.56 Å². The van der Waals surface area contributed by atoms with E-state index in [1.807, 2.05) is 0 Å². The lowest BCUT2D eigenvalue weighted by molar-refractivity contribution is -0.137. The largest absolute Gasteiger partial charge is 0.416 e. The number of rotatable bonds is 3. The minimum absolute atomic E-state index is 0.0132. The minimum Gasteiger partial charge on any atom is -0.396 e. The van der Waals surface area contributed by atoms with E-state index in [1.54, 1.807) is 0 Å². The fourth-order valence-corrected chi connectivity index (χ4v) is 3.27. The summed E-state index contributed by atoms with van der Waals surface area (Å²) in [6.45, 7) is 0. The predicted octanol–water partition coefficient (Wildman–Crippen LogP) is 4.40. The van der Waals surface area contributed by atoms with Gasteiger partial charge in [0.05, 0.1) is 31.9 Å². The Morgan fingerprint density at radius 1 is 1.04 bits per heavy atom. The standard InChI is InChI=1S/C13H9Cl2F3N2O2S/c14-10-5-8(6-11(15)12(10)19)20-23(21,22)9-3-1-2-7(4-9)13(16,17)18/h1-6,20H,19H2. The van der Waals surface area contributed by atoms with Crippen LogP contribution in [0.3, 0.4) is 0 Å². The molecule has 0 heterocycles. The molecule has 0 amide bonds. The van der Waals surface area contributed by atoms with Gasteiger partial charge >= 0.3 is 6.18 Å². The maximum Gasteiger partial charge on any atom is 0.416 e. The number of anilines is 2. The molecule has 0 radical (unpaired) electrons. The van der Waals surface area contributed by atoms with Crippen LogP contribution in [0.25, 0.3) is 0 Å². The predicted molar refractivity (Wildman–Crippen MR) is 83.1 cm³/mol. The van der Waals surface area contributed by atoms with E-state index in [2.05, 4.69) is 4.72 Å². The Bertz CT molecular complexity index is 832. The highest BCUT2D eigenvalue weighted by atomic mass is 35.5. The Hall–Kier alpha value is -1.64. The number of sulfonamides is 1. The van der Waals surface area contributed by atoms with E-state index in [0.717, 1.165) is 18.2 Å². The quantitative estimate of drug-likeness (QED) is 0.770. The van der Waals surface area contributed by atoms with Gasteiger partial charge in [-0.05, 0) is 30.3 Å². The molecule has 2 aromatic rings.